The first-order chi connectivity index (χ1) is 18.8. The summed E-state index contributed by atoms with van der Waals surface area (Å²) in [5.41, 5.74) is 4.29. The monoisotopic (exact) mass is 565 g/mol. The smallest absolute Gasteiger partial charge is 0.417 e. The molecule has 2 saturated heterocycles. The van der Waals surface area contributed by atoms with Crippen molar-refractivity contribution >= 4 is 40.4 Å². The van der Waals surface area contributed by atoms with Crippen molar-refractivity contribution in [2.24, 2.45) is 11.3 Å². The van der Waals surface area contributed by atoms with Gasteiger partial charge in [0.15, 0.2) is 5.58 Å². The number of rotatable bonds is 6. The van der Waals surface area contributed by atoms with Crippen LogP contribution in [0.1, 0.15) is 23.1 Å². The highest BCUT2D eigenvalue weighted by molar-refractivity contribution is 6.31. The lowest BCUT2D eigenvalue weighted by molar-refractivity contribution is -0.146. The van der Waals surface area contributed by atoms with Crippen molar-refractivity contribution in [2.45, 2.75) is 31.8 Å². The van der Waals surface area contributed by atoms with Crippen molar-refractivity contribution in [1.29, 1.82) is 0 Å². The van der Waals surface area contributed by atoms with E-state index in [4.69, 9.17) is 27.6 Å². The Hall–Kier alpha value is -3.26. The number of nitrogens with one attached hydrogen (secondary N) is 1. The minimum absolute atomic E-state index is 0.0937. The summed E-state index contributed by atoms with van der Waals surface area (Å²) in [6.07, 6.45) is 1.35. The molecule has 0 radical (unpaired) electrons. The lowest BCUT2D eigenvalue weighted by atomic mass is 9.57. The molecular weight excluding hydrogens is 537 g/mol. The van der Waals surface area contributed by atoms with Crippen molar-refractivity contribution in [3.05, 3.63) is 104 Å². The first-order valence-corrected chi connectivity index (χ1v) is 13.9. The van der Waals surface area contributed by atoms with Gasteiger partial charge in [0.05, 0.1) is 5.52 Å². The van der Waals surface area contributed by atoms with Crippen molar-refractivity contribution in [3.63, 3.8) is 0 Å². The molecule has 1 spiro atoms. The summed E-state index contributed by atoms with van der Waals surface area (Å²) in [6.45, 7) is 2.48. The van der Waals surface area contributed by atoms with Crippen LogP contribution >= 0.6 is 23.2 Å². The second-order valence-corrected chi connectivity index (χ2v) is 11.6. The maximum atomic E-state index is 12.0. The highest BCUT2D eigenvalue weighted by Gasteiger charge is 2.58. The molecule has 2 N–H and O–H groups in total. The van der Waals surface area contributed by atoms with Gasteiger partial charge in [-0.1, -0.05) is 65.7 Å². The molecule has 4 aromatic rings. The molecule has 6 rings (SSSR count). The number of halogens is 2. The highest BCUT2D eigenvalue weighted by atomic mass is 35.5. The number of carboxylic acid groups (broad SMARTS) is 1. The van der Waals surface area contributed by atoms with E-state index < -0.39 is 11.8 Å². The molecule has 3 atom stereocenters. The summed E-state index contributed by atoms with van der Waals surface area (Å²) in [6, 6.07) is 21.7. The molecule has 1 amide bonds. The minimum Gasteiger partial charge on any atom is -0.465 e. The van der Waals surface area contributed by atoms with E-state index in [0.29, 0.717) is 42.2 Å². The number of fused-ring (bicyclic) bond motifs is 1. The average Bonchev–Trinajstić information content (AvgIpc) is 3.29. The number of amides is 1. The predicted octanol–water partition coefficient (Wildman–Crippen LogP) is 6.08. The van der Waals surface area contributed by atoms with Gasteiger partial charge < -0.3 is 14.4 Å². The third-order valence-corrected chi connectivity index (χ3v) is 9.38. The molecule has 2 fully saturated rings. The van der Waals surface area contributed by atoms with Gasteiger partial charge in [-0.2, -0.15) is 0 Å². The van der Waals surface area contributed by atoms with E-state index in [1.807, 2.05) is 60.7 Å². The second-order valence-electron chi connectivity index (χ2n) is 10.8. The Morgan fingerprint density at radius 3 is 2.41 bits per heavy atom. The maximum absolute atomic E-state index is 12.0. The minimum atomic E-state index is -0.880. The molecule has 2 aliphatic rings. The maximum Gasteiger partial charge on any atom is 0.417 e. The number of H-pyrrole nitrogens is 1. The van der Waals surface area contributed by atoms with E-state index in [0.717, 1.165) is 41.1 Å². The Morgan fingerprint density at radius 1 is 1.03 bits per heavy atom. The van der Waals surface area contributed by atoms with Crippen LogP contribution in [0.25, 0.3) is 11.1 Å². The summed E-state index contributed by atoms with van der Waals surface area (Å²) in [4.78, 5) is 30.4. The largest absolute Gasteiger partial charge is 0.465 e. The molecule has 9 heteroatoms. The topological polar surface area (TPSA) is 89.8 Å². The normalized spacial score (nSPS) is 23.3. The number of piperidine rings is 1. The number of hydrogen-bond acceptors (Lipinski definition) is 4. The van der Waals surface area contributed by atoms with E-state index in [1.54, 1.807) is 4.90 Å². The summed E-state index contributed by atoms with van der Waals surface area (Å²) in [5.74, 6) is -0.370. The van der Waals surface area contributed by atoms with Gasteiger partial charge in [0.2, 0.25) is 0 Å². The molecule has 3 unspecified atom stereocenters. The number of hydrogen-bond donors (Lipinski definition) is 2. The van der Waals surface area contributed by atoms with Gasteiger partial charge in [0, 0.05) is 47.7 Å². The van der Waals surface area contributed by atoms with E-state index in [-0.39, 0.29) is 17.4 Å². The van der Waals surface area contributed by atoms with Crippen molar-refractivity contribution in [1.82, 2.24) is 14.8 Å². The third-order valence-electron chi connectivity index (χ3n) is 8.64. The van der Waals surface area contributed by atoms with Gasteiger partial charge in [-0.15, -0.1) is 0 Å². The fourth-order valence-corrected chi connectivity index (χ4v) is 7.07. The summed E-state index contributed by atoms with van der Waals surface area (Å²) in [5, 5.41) is 11.3. The van der Waals surface area contributed by atoms with E-state index in [2.05, 4.69) is 16.0 Å². The van der Waals surface area contributed by atoms with Gasteiger partial charge in [-0.05, 0) is 66.1 Å². The molecule has 202 valence electrons. The fourth-order valence-electron chi connectivity index (χ4n) is 6.64. The lowest BCUT2D eigenvalue weighted by Crippen LogP contribution is -2.71. The lowest BCUT2D eigenvalue weighted by Gasteiger charge is -2.64. The number of benzene rings is 3. The molecule has 0 aliphatic carbocycles. The highest BCUT2D eigenvalue weighted by Crippen LogP contribution is 2.53. The Morgan fingerprint density at radius 2 is 1.72 bits per heavy atom. The van der Waals surface area contributed by atoms with Gasteiger partial charge in [-0.25, -0.2) is 9.59 Å². The first kappa shape index (κ1) is 26.0. The van der Waals surface area contributed by atoms with Gasteiger partial charge in [0.1, 0.15) is 0 Å². The molecule has 3 heterocycles. The quantitative estimate of drug-likeness (QED) is 0.295. The molecule has 3 aromatic carbocycles. The van der Waals surface area contributed by atoms with Crippen LogP contribution in [0.2, 0.25) is 10.0 Å². The standard InChI is InChI=1S/C30H29Cl2N3O4/c31-23-7-3-1-5-20(23)14-22-17-34(29(37)38)12-11-30(22)18-35(27(30)15-21-6-2-4-8-24(21)32)16-19-9-10-25-26(13-19)39-28(36)33-25/h1-10,13,22,27H,11-12,14-18H2,(H,33,36)(H,37,38). The summed E-state index contributed by atoms with van der Waals surface area (Å²) in [7, 11) is 0. The van der Waals surface area contributed by atoms with Crippen LogP contribution in [0.4, 0.5) is 4.79 Å². The van der Waals surface area contributed by atoms with Crippen LogP contribution in [0, 0.1) is 11.3 Å². The van der Waals surface area contributed by atoms with Gasteiger partial charge >= 0.3 is 11.8 Å². The van der Waals surface area contributed by atoms with Crippen molar-refractivity contribution in [2.75, 3.05) is 19.6 Å². The Balaban J connectivity index is 1.35. The van der Waals surface area contributed by atoms with E-state index in [1.165, 1.54) is 0 Å². The number of oxazole rings is 1. The predicted molar refractivity (Wildman–Crippen MR) is 151 cm³/mol. The Labute approximate surface area is 235 Å². The number of nitrogens with zero attached hydrogens (tertiary/aromatic N) is 2. The van der Waals surface area contributed by atoms with Crippen LogP contribution in [0.15, 0.2) is 75.9 Å². The molecule has 0 bridgehead atoms. The molecule has 7 nitrogen and oxygen atoms in total. The Bertz CT molecular complexity index is 1580. The average molecular weight is 566 g/mol. The zero-order valence-electron chi connectivity index (χ0n) is 21.3. The second kappa shape index (κ2) is 10.4. The van der Waals surface area contributed by atoms with Gasteiger partial charge in [-0.3, -0.25) is 9.88 Å². The molecule has 2 aliphatic heterocycles. The van der Waals surface area contributed by atoms with Gasteiger partial charge in [0.25, 0.3) is 0 Å². The number of likely N-dealkylation sites (tertiary alicyclic amines) is 2. The third kappa shape index (κ3) is 4.95. The molecule has 39 heavy (non-hydrogen) atoms. The zero-order chi connectivity index (χ0) is 27.1. The summed E-state index contributed by atoms with van der Waals surface area (Å²) >= 11 is 13.2. The summed E-state index contributed by atoms with van der Waals surface area (Å²) < 4.78 is 5.30. The number of carbonyl (C=O) groups is 1. The van der Waals surface area contributed by atoms with Crippen LogP contribution in [0.5, 0.6) is 0 Å². The zero-order valence-corrected chi connectivity index (χ0v) is 22.8. The first-order valence-electron chi connectivity index (χ1n) is 13.1. The van der Waals surface area contributed by atoms with E-state index >= 15 is 0 Å². The van der Waals surface area contributed by atoms with Crippen molar-refractivity contribution < 1.29 is 14.3 Å². The molecule has 0 saturated carbocycles. The van der Waals surface area contributed by atoms with Crippen LogP contribution in [-0.4, -0.2) is 51.7 Å². The SMILES string of the molecule is O=C(O)N1CCC2(CN(Cc3ccc4[nH]c(=O)oc4c3)C2Cc2ccccc2Cl)C(Cc2ccccc2Cl)C1. The van der Waals surface area contributed by atoms with E-state index in [9.17, 15) is 14.7 Å². The van der Waals surface area contributed by atoms with Crippen LogP contribution in [0.3, 0.4) is 0 Å². The molecular formula is C30H29Cl2N3O4. The number of aromatic nitrogens is 1. The molecule has 1 aromatic heterocycles. The van der Waals surface area contributed by atoms with Crippen LogP contribution < -0.4 is 5.76 Å². The Kier molecular flexibility index (Phi) is 6.91. The van der Waals surface area contributed by atoms with Crippen molar-refractivity contribution in [3.8, 4) is 0 Å². The fraction of sp³-hybridized carbons (Fsp3) is 0.333. The van der Waals surface area contributed by atoms with Crippen LogP contribution in [-0.2, 0) is 19.4 Å². The number of aromatic amines is 1.